The van der Waals surface area contributed by atoms with E-state index in [0.717, 1.165) is 60.2 Å². The van der Waals surface area contributed by atoms with Gasteiger partial charge in [-0.2, -0.15) is 0 Å². The van der Waals surface area contributed by atoms with E-state index in [-0.39, 0.29) is 5.91 Å². The van der Waals surface area contributed by atoms with Gasteiger partial charge in [0.25, 0.3) is 5.91 Å². The molecule has 3 N–H and O–H groups in total. The number of carbonyl (C=O) groups is 1. The number of likely N-dealkylation sites (tertiary alicyclic amines) is 1. The monoisotopic (exact) mass is 409 g/mol. The number of hydrogen-bond donors (Lipinski definition) is 3. The van der Waals surface area contributed by atoms with Crippen LogP contribution >= 0.6 is 11.6 Å². The molecular formula is C23H24ClN3O2. The van der Waals surface area contributed by atoms with Crippen molar-refractivity contribution in [2.75, 3.05) is 19.7 Å². The molecule has 2 aliphatic rings. The molecule has 0 atom stereocenters. The number of rotatable bonds is 4. The molecule has 150 valence electrons. The number of H-pyrrole nitrogens is 1. The van der Waals surface area contributed by atoms with E-state index in [9.17, 15) is 9.90 Å². The van der Waals surface area contributed by atoms with Crippen molar-refractivity contribution < 1.29 is 9.90 Å². The lowest BCUT2D eigenvalue weighted by Gasteiger charge is -2.31. The van der Waals surface area contributed by atoms with Crippen LogP contribution in [-0.4, -0.2) is 40.6 Å². The fraction of sp³-hybridized carbons (Fsp3) is 0.348. The molecule has 2 aliphatic heterocycles. The summed E-state index contributed by atoms with van der Waals surface area (Å²) in [7, 11) is 0. The minimum atomic E-state index is -0.0665. The lowest BCUT2D eigenvalue weighted by Crippen LogP contribution is -2.34. The molecule has 0 bridgehead atoms. The van der Waals surface area contributed by atoms with Crippen LogP contribution in [0.15, 0.2) is 36.4 Å². The third-order valence-corrected chi connectivity index (χ3v) is 6.61. The zero-order valence-corrected chi connectivity index (χ0v) is 16.9. The van der Waals surface area contributed by atoms with Gasteiger partial charge in [-0.25, -0.2) is 0 Å². The Labute approximate surface area is 174 Å². The van der Waals surface area contributed by atoms with Gasteiger partial charge in [-0.05, 0) is 61.7 Å². The van der Waals surface area contributed by atoms with Crippen molar-refractivity contribution in [3.05, 3.63) is 58.1 Å². The first-order chi connectivity index (χ1) is 14.1. The lowest BCUT2D eigenvalue weighted by molar-refractivity contribution is 0.0966. The standard InChI is InChI=1S/C23H24ClN3O2/c24-19-3-2-17(22-18(19)11-25-23(22)29)21-10-16-9-15(1-4-20(16)26-21)12-27-7-5-14(13-28)6-8-27/h1-4,9-10,14,26,28H,5-8,11-13H2,(H,25,29). The largest absolute Gasteiger partial charge is 0.396 e. The van der Waals surface area contributed by atoms with E-state index in [1.54, 1.807) is 0 Å². The second-order valence-electron chi connectivity index (χ2n) is 8.14. The van der Waals surface area contributed by atoms with Crippen LogP contribution in [0.2, 0.25) is 5.02 Å². The van der Waals surface area contributed by atoms with Crippen LogP contribution in [0.4, 0.5) is 0 Å². The van der Waals surface area contributed by atoms with E-state index in [0.29, 0.717) is 29.7 Å². The smallest absolute Gasteiger partial charge is 0.252 e. The lowest BCUT2D eigenvalue weighted by atomic mass is 9.97. The average Bonchev–Trinajstić information content (AvgIpc) is 3.33. The fourth-order valence-corrected chi connectivity index (χ4v) is 4.77. The maximum Gasteiger partial charge on any atom is 0.252 e. The summed E-state index contributed by atoms with van der Waals surface area (Å²) in [5.74, 6) is 0.391. The Morgan fingerprint density at radius 2 is 1.97 bits per heavy atom. The summed E-state index contributed by atoms with van der Waals surface area (Å²) in [6.07, 6.45) is 2.13. The van der Waals surface area contributed by atoms with Crippen molar-refractivity contribution >= 4 is 28.4 Å². The molecule has 1 amide bonds. The third kappa shape index (κ3) is 3.44. The number of fused-ring (bicyclic) bond motifs is 2. The van der Waals surface area contributed by atoms with Crippen molar-refractivity contribution in [3.8, 4) is 11.3 Å². The first kappa shape index (κ1) is 18.7. The number of aliphatic hydroxyl groups is 1. The van der Waals surface area contributed by atoms with Crippen molar-refractivity contribution in [2.24, 2.45) is 5.92 Å². The molecule has 2 aromatic carbocycles. The van der Waals surface area contributed by atoms with Gasteiger partial charge in [0.05, 0.1) is 5.56 Å². The summed E-state index contributed by atoms with van der Waals surface area (Å²) in [5.41, 5.74) is 5.72. The van der Waals surface area contributed by atoms with E-state index in [4.69, 9.17) is 11.6 Å². The molecule has 3 heterocycles. The summed E-state index contributed by atoms with van der Waals surface area (Å²) in [6.45, 7) is 3.78. The summed E-state index contributed by atoms with van der Waals surface area (Å²) < 4.78 is 0. The van der Waals surface area contributed by atoms with Crippen LogP contribution in [0.1, 0.15) is 34.3 Å². The molecule has 0 radical (unpaired) electrons. The maximum atomic E-state index is 12.3. The highest BCUT2D eigenvalue weighted by Crippen LogP contribution is 2.35. The van der Waals surface area contributed by atoms with Gasteiger partial charge in [0.1, 0.15) is 0 Å². The summed E-state index contributed by atoms with van der Waals surface area (Å²) in [6, 6.07) is 12.4. The SMILES string of the molecule is O=C1NCc2c(Cl)ccc(-c3cc4cc(CN5CCC(CO)CC5)ccc4[nH]3)c21. The number of hydrogen-bond acceptors (Lipinski definition) is 3. The normalized spacial score (nSPS) is 17.7. The number of aromatic amines is 1. The summed E-state index contributed by atoms with van der Waals surface area (Å²) in [5, 5.41) is 14.0. The van der Waals surface area contributed by atoms with Crippen LogP contribution in [0.5, 0.6) is 0 Å². The van der Waals surface area contributed by atoms with Gasteiger partial charge in [0, 0.05) is 52.4 Å². The molecule has 0 saturated carbocycles. The number of benzene rings is 2. The van der Waals surface area contributed by atoms with E-state index in [1.807, 2.05) is 12.1 Å². The zero-order valence-electron chi connectivity index (χ0n) is 16.2. The number of piperidine rings is 1. The first-order valence-corrected chi connectivity index (χ1v) is 10.5. The Balaban J connectivity index is 1.42. The second kappa shape index (κ2) is 7.48. The van der Waals surface area contributed by atoms with Gasteiger partial charge in [0.2, 0.25) is 0 Å². The van der Waals surface area contributed by atoms with Crippen molar-refractivity contribution in [2.45, 2.75) is 25.9 Å². The first-order valence-electron chi connectivity index (χ1n) is 10.2. The number of halogens is 1. The van der Waals surface area contributed by atoms with Gasteiger partial charge in [0.15, 0.2) is 0 Å². The topological polar surface area (TPSA) is 68.4 Å². The van der Waals surface area contributed by atoms with E-state index < -0.39 is 0 Å². The summed E-state index contributed by atoms with van der Waals surface area (Å²) in [4.78, 5) is 18.3. The number of carbonyl (C=O) groups excluding carboxylic acids is 1. The number of amides is 1. The molecular weight excluding hydrogens is 386 g/mol. The number of nitrogens with zero attached hydrogens (tertiary/aromatic N) is 1. The predicted molar refractivity (Wildman–Crippen MR) is 115 cm³/mol. The van der Waals surface area contributed by atoms with Crippen molar-refractivity contribution in [1.82, 2.24) is 15.2 Å². The van der Waals surface area contributed by atoms with Gasteiger partial charge in [-0.3, -0.25) is 9.69 Å². The van der Waals surface area contributed by atoms with Gasteiger partial charge >= 0.3 is 0 Å². The molecule has 5 nitrogen and oxygen atoms in total. The Kier molecular flexibility index (Phi) is 4.82. The molecule has 29 heavy (non-hydrogen) atoms. The van der Waals surface area contributed by atoms with Gasteiger partial charge in [-0.1, -0.05) is 23.7 Å². The maximum absolute atomic E-state index is 12.3. The summed E-state index contributed by atoms with van der Waals surface area (Å²) >= 11 is 6.28. The van der Waals surface area contributed by atoms with Gasteiger partial charge < -0.3 is 15.4 Å². The molecule has 1 fully saturated rings. The molecule has 0 spiro atoms. The molecule has 6 heteroatoms. The third-order valence-electron chi connectivity index (χ3n) is 6.26. The number of aliphatic hydroxyl groups excluding tert-OH is 1. The van der Waals surface area contributed by atoms with Crippen LogP contribution in [-0.2, 0) is 13.1 Å². The molecule has 1 saturated heterocycles. The second-order valence-corrected chi connectivity index (χ2v) is 8.55. The van der Waals surface area contributed by atoms with E-state index >= 15 is 0 Å². The van der Waals surface area contributed by atoms with Crippen molar-refractivity contribution in [1.29, 1.82) is 0 Å². The van der Waals surface area contributed by atoms with Crippen LogP contribution in [0, 0.1) is 5.92 Å². The predicted octanol–water partition coefficient (Wildman–Crippen LogP) is 3.94. The Morgan fingerprint density at radius 1 is 1.14 bits per heavy atom. The highest BCUT2D eigenvalue weighted by molar-refractivity contribution is 6.32. The molecule has 1 aromatic heterocycles. The molecule has 0 unspecified atom stereocenters. The number of nitrogens with one attached hydrogen (secondary N) is 2. The van der Waals surface area contributed by atoms with Crippen LogP contribution in [0.3, 0.4) is 0 Å². The quantitative estimate of drug-likeness (QED) is 0.611. The van der Waals surface area contributed by atoms with E-state index in [1.165, 1.54) is 5.56 Å². The average molecular weight is 410 g/mol. The fourth-order valence-electron chi connectivity index (χ4n) is 4.55. The molecule has 5 rings (SSSR count). The highest BCUT2D eigenvalue weighted by Gasteiger charge is 2.26. The Bertz CT molecular complexity index is 1080. The highest BCUT2D eigenvalue weighted by atomic mass is 35.5. The minimum absolute atomic E-state index is 0.0665. The minimum Gasteiger partial charge on any atom is -0.396 e. The molecule has 3 aromatic rings. The number of aromatic nitrogens is 1. The van der Waals surface area contributed by atoms with Gasteiger partial charge in [-0.15, -0.1) is 0 Å². The van der Waals surface area contributed by atoms with Crippen molar-refractivity contribution in [3.63, 3.8) is 0 Å². The Hall–Kier alpha value is -2.34. The van der Waals surface area contributed by atoms with Crippen LogP contribution < -0.4 is 5.32 Å². The van der Waals surface area contributed by atoms with Crippen LogP contribution in [0.25, 0.3) is 22.2 Å². The Morgan fingerprint density at radius 3 is 2.76 bits per heavy atom. The van der Waals surface area contributed by atoms with E-state index in [2.05, 4.69) is 39.5 Å². The zero-order chi connectivity index (χ0) is 20.0. The molecule has 0 aliphatic carbocycles.